The Morgan fingerprint density at radius 1 is 1.04 bits per heavy atom. The lowest BCUT2D eigenvalue weighted by atomic mass is 9.96. The first-order chi connectivity index (χ1) is 11.6. The van der Waals surface area contributed by atoms with E-state index in [-0.39, 0.29) is 0 Å². The number of halogens is 2. The van der Waals surface area contributed by atoms with Crippen molar-refractivity contribution >= 4 is 35.0 Å². The highest BCUT2D eigenvalue weighted by atomic mass is 35.5. The van der Waals surface area contributed by atoms with E-state index in [2.05, 4.69) is 47.2 Å². The second-order valence-electron chi connectivity index (χ2n) is 6.57. The molecule has 2 aromatic carbocycles. The third-order valence-electron chi connectivity index (χ3n) is 4.97. The van der Waals surface area contributed by atoms with Crippen molar-refractivity contribution in [2.75, 3.05) is 33.2 Å². The van der Waals surface area contributed by atoms with E-state index in [0.717, 1.165) is 47.5 Å². The summed E-state index contributed by atoms with van der Waals surface area (Å²) in [6.07, 6.45) is 1.01. The first-order valence-corrected chi connectivity index (χ1v) is 9.86. The maximum Gasteiger partial charge on any atom is 0.0563 e. The Hall–Kier alpha value is -0.710. The molecule has 1 fully saturated rings. The van der Waals surface area contributed by atoms with Gasteiger partial charge in [0.25, 0.3) is 0 Å². The van der Waals surface area contributed by atoms with Crippen LogP contribution in [0.25, 0.3) is 0 Å². The molecule has 5 heteroatoms. The van der Waals surface area contributed by atoms with Crippen molar-refractivity contribution in [3.05, 3.63) is 57.6 Å². The number of piperazine rings is 1. The zero-order valence-electron chi connectivity index (χ0n) is 13.6. The molecule has 0 saturated carbocycles. The lowest BCUT2D eigenvalue weighted by molar-refractivity contribution is 0.110. The number of nitrogens with zero attached hydrogens (tertiary/aromatic N) is 2. The van der Waals surface area contributed by atoms with Gasteiger partial charge >= 0.3 is 0 Å². The molecule has 2 aliphatic heterocycles. The minimum absolute atomic E-state index is 0.334. The molecule has 24 heavy (non-hydrogen) atoms. The Kier molecular flexibility index (Phi) is 4.81. The van der Waals surface area contributed by atoms with Crippen molar-refractivity contribution in [3.63, 3.8) is 0 Å². The average Bonchev–Trinajstić information content (AvgIpc) is 2.73. The van der Waals surface area contributed by atoms with E-state index in [9.17, 15) is 0 Å². The van der Waals surface area contributed by atoms with Crippen LogP contribution in [0.4, 0.5) is 0 Å². The number of rotatable bonds is 1. The topological polar surface area (TPSA) is 6.48 Å². The molecule has 0 N–H and O–H groups in total. The maximum atomic E-state index is 6.58. The summed E-state index contributed by atoms with van der Waals surface area (Å²) < 4.78 is 0. The van der Waals surface area contributed by atoms with Crippen LogP contribution in [-0.2, 0) is 6.42 Å². The fourth-order valence-electron chi connectivity index (χ4n) is 3.60. The van der Waals surface area contributed by atoms with Crippen molar-refractivity contribution in [1.29, 1.82) is 0 Å². The first-order valence-electron chi connectivity index (χ1n) is 8.29. The van der Waals surface area contributed by atoms with Gasteiger partial charge in [-0.3, -0.25) is 4.90 Å². The van der Waals surface area contributed by atoms with Crippen molar-refractivity contribution in [1.82, 2.24) is 9.80 Å². The molecule has 0 spiro atoms. The lowest BCUT2D eigenvalue weighted by Crippen LogP contribution is -2.46. The largest absolute Gasteiger partial charge is 0.304 e. The molecule has 0 amide bonds. The molecule has 0 aromatic heterocycles. The highest BCUT2D eigenvalue weighted by Gasteiger charge is 2.30. The van der Waals surface area contributed by atoms with Gasteiger partial charge in [-0.05, 0) is 42.8 Å². The van der Waals surface area contributed by atoms with Crippen molar-refractivity contribution < 1.29 is 0 Å². The zero-order chi connectivity index (χ0) is 16.7. The number of likely N-dealkylation sites (N-methyl/N-ethyl adjacent to an activating group) is 1. The quantitative estimate of drug-likeness (QED) is 0.689. The second kappa shape index (κ2) is 6.89. The van der Waals surface area contributed by atoms with Gasteiger partial charge in [-0.25, -0.2) is 0 Å². The average molecular weight is 379 g/mol. The Morgan fingerprint density at radius 2 is 1.79 bits per heavy atom. The van der Waals surface area contributed by atoms with Gasteiger partial charge in [0.1, 0.15) is 0 Å². The molecule has 2 aliphatic rings. The van der Waals surface area contributed by atoms with Gasteiger partial charge in [0.15, 0.2) is 0 Å². The van der Waals surface area contributed by atoms with Crippen LogP contribution in [0, 0.1) is 0 Å². The van der Waals surface area contributed by atoms with Gasteiger partial charge in [0.05, 0.1) is 5.02 Å². The van der Waals surface area contributed by atoms with Crippen molar-refractivity contribution in [2.24, 2.45) is 0 Å². The van der Waals surface area contributed by atoms with Gasteiger partial charge in [-0.1, -0.05) is 53.2 Å². The van der Waals surface area contributed by atoms with Crippen LogP contribution < -0.4 is 0 Å². The molecule has 4 rings (SSSR count). The van der Waals surface area contributed by atoms with E-state index in [1.54, 1.807) is 11.8 Å². The SMILES string of the molecule is CN1CCN(C2Cc3ccccc3Sc3c(Cl)cc(Cl)cc32)CC1. The number of fused-ring (bicyclic) bond motifs is 2. The molecular weight excluding hydrogens is 359 g/mol. The summed E-state index contributed by atoms with van der Waals surface area (Å²) in [5.41, 5.74) is 2.67. The molecule has 1 unspecified atom stereocenters. The minimum Gasteiger partial charge on any atom is -0.304 e. The van der Waals surface area contributed by atoms with E-state index >= 15 is 0 Å². The molecule has 1 saturated heterocycles. The van der Waals surface area contributed by atoms with Crippen LogP contribution >= 0.6 is 35.0 Å². The van der Waals surface area contributed by atoms with Gasteiger partial charge in [0.2, 0.25) is 0 Å². The smallest absolute Gasteiger partial charge is 0.0563 e. The molecule has 126 valence electrons. The molecule has 2 nitrogen and oxygen atoms in total. The van der Waals surface area contributed by atoms with Crippen LogP contribution in [0.5, 0.6) is 0 Å². The van der Waals surface area contributed by atoms with Gasteiger partial charge in [-0.2, -0.15) is 0 Å². The van der Waals surface area contributed by atoms with Crippen LogP contribution in [0.15, 0.2) is 46.2 Å². The molecule has 0 radical (unpaired) electrons. The molecule has 2 aromatic rings. The van der Waals surface area contributed by atoms with E-state index in [4.69, 9.17) is 23.2 Å². The highest BCUT2D eigenvalue weighted by Crippen LogP contribution is 2.47. The van der Waals surface area contributed by atoms with Crippen LogP contribution in [-0.4, -0.2) is 43.0 Å². The van der Waals surface area contributed by atoms with Crippen LogP contribution in [0.1, 0.15) is 17.2 Å². The van der Waals surface area contributed by atoms with Gasteiger partial charge in [-0.15, -0.1) is 0 Å². The molecule has 0 bridgehead atoms. The predicted octanol–water partition coefficient (Wildman–Crippen LogP) is 4.99. The van der Waals surface area contributed by atoms with Crippen molar-refractivity contribution in [2.45, 2.75) is 22.3 Å². The summed E-state index contributed by atoms with van der Waals surface area (Å²) in [6, 6.07) is 13.0. The standard InChI is InChI=1S/C19H20Cl2N2S/c1-22-6-8-23(9-7-22)17-10-13-4-2-3-5-18(13)24-19-15(17)11-14(20)12-16(19)21/h2-5,11-12,17H,6-10H2,1H3. The van der Waals surface area contributed by atoms with E-state index in [0.29, 0.717) is 6.04 Å². The molecule has 0 aliphatic carbocycles. The molecule has 2 heterocycles. The fraction of sp³-hybridized carbons (Fsp3) is 0.368. The van der Waals surface area contributed by atoms with E-state index in [1.165, 1.54) is 16.0 Å². The summed E-state index contributed by atoms with van der Waals surface area (Å²) in [4.78, 5) is 7.45. The summed E-state index contributed by atoms with van der Waals surface area (Å²) >= 11 is 14.7. The number of hydrogen-bond donors (Lipinski definition) is 0. The summed E-state index contributed by atoms with van der Waals surface area (Å²) in [5.74, 6) is 0. The Morgan fingerprint density at radius 3 is 2.58 bits per heavy atom. The highest BCUT2D eigenvalue weighted by molar-refractivity contribution is 7.99. The Labute approximate surface area is 157 Å². The Bertz CT molecular complexity index is 757. The molecular formula is C19H20Cl2N2S. The Balaban J connectivity index is 1.80. The molecule has 1 atom stereocenters. The summed E-state index contributed by atoms with van der Waals surface area (Å²) in [7, 11) is 2.19. The van der Waals surface area contributed by atoms with Gasteiger partial charge in [0, 0.05) is 47.0 Å². The van der Waals surface area contributed by atoms with E-state index in [1.807, 2.05) is 6.07 Å². The first kappa shape index (κ1) is 16.7. The maximum absolute atomic E-state index is 6.58. The van der Waals surface area contributed by atoms with Crippen LogP contribution in [0.2, 0.25) is 10.0 Å². The number of benzene rings is 2. The number of hydrogen-bond acceptors (Lipinski definition) is 3. The zero-order valence-corrected chi connectivity index (χ0v) is 16.0. The minimum atomic E-state index is 0.334. The monoisotopic (exact) mass is 378 g/mol. The van der Waals surface area contributed by atoms with Crippen LogP contribution in [0.3, 0.4) is 0 Å². The van der Waals surface area contributed by atoms with Crippen molar-refractivity contribution in [3.8, 4) is 0 Å². The van der Waals surface area contributed by atoms with E-state index < -0.39 is 0 Å². The van der Waals surface area contributed by atoms with Gasteiger partial charge < -0.3 is 4.90 Å². The predicted molar refractivity (Wildman–Crippen MR) is 103 cm³/mol. The summed E-state index contributed by atoms with van der Waals surface area (Å²) in [6.45, 7) is 4.37. The third-order valence-corrected chi connectivity index (χ3v) is 6.88. The second-order valence-corrected chi connectivity index (χ2v) is 8.47. The third kappa shape index (κ3) is 3.21. The summed E-state index contributed by atoms with van der Waals surface area (Å²) in [5, 5.41) is 1.49. The normalized spacial score (nSPS) is 21.9. The lowest BCUT2D eigenvalue weighted by Gasteiger charge is -2.38. The fourth-order valence-corrected chi connectivity index (χ4v) is 5.34.